The summed E-state index contributed by atoms with van der Waals surface area (Å²) in [6.07, 6.45) is 6.44. The van der Waals surface area contributed by atoms with Crippen LogP contribution in [0.2, 0.25) is 0 Å². The van der Waals surface area contributed by atoms with Crippen LogP contribution in [0.3, 0.4) is 0 Å². The molecule has 1 saturated carbocycles. The number of piperidine rings is 1. The van der Waals surface area contributed by atoms with Gasteiger partial charge in [-0.15, -0.1) is 0 Å². The van der Waals surface area contributed by atoms with Crippen LogP contribution in [0.15, 0.2) is 0 Å². The smallest absolute Gasteiger partial charge is 0.0491 e. The first-order valence-corrected chi connectivity index (χ1v) is 6.30. The first kappa shape index (κ1) is 11.4. The molecule has 3 nitrogen and oxygen atoms in total. The third kappa shape index (κ3) is 2.71. The van der Waals surface area contributed by atoms with Gasteiger partial charge in [0.1, 0.15) is 0 Å². The lowest BCUT2D eigenvalue weighted by Crippen LogP contribution is -2.48. The minimum Gasteiger partial charge on any atom is -0.384 e. The van der Waals surface area contributed by atoms with E-state index in [1.807, 2.05) is 0 Å². The number of rotatable bonds is 3. The molecule has 1 aliphatic carbocycles. The molecule has 88 valence electrons. The second kappa shape index (κ2) is 5.28. The predicted molar refractivity (Wildman–Crippen MR) is 61.8 cm³/mol. The molecular weight excluding hydrogens is 188 g/mol. The lowest BCUT2D eigenvalue weighted by atomic mass is 9.96. The standard InChI is InChI=1S/C12H24N2O/c1-15-9-10-5-7-14(8-6-10)12-4-2-3-11(12)13/h10-12H,2-9,13H2,1H3. The number of hydrogen-bond donors (Lipinski definition) is 1. The van der Waals surface area contributed by atoms with Crippen LogP contribution in [0.1, 0.15) is 32.1 Å². The Morgan fingerprint density at radius 1 is 1.20 bits per heavy atom. The Hall–Kier alpha value is -0.120. The Labute approximate surface area is 93.0 Å². The third-order valence-corrected chi connectivity index (χ3v) is 4.05. The van der Waals surface area contributed by atoms with Gasteiger partial charge in [0.05, 0.1) is 0 Å². The normalized spacial score (nSPS) is 34.8. The molecule has 2 aliphatic rings. The molecule has 0 aromatic carbocycles. The predicted octanol–water partition coefficient (Wildman–Crippen LogP) is 1.22. The van der Waals surface area contributed by atoms with E-state index in [0.717, 1.165) is 12.5 Å². The third-order valence-electron chi connectivity index (χ3n) is 4.05. The molecular formula is C12H24N2O. The molecule has 1 heterocycles. The van der Waals surface area contributed by atoms with Gasteiger partial charge in [-0.3, -0.25) is 4.90 Å². The van der Waals surface area contributed by atoms with E-state index < -0.39 is 0 Å². The quantitative estimate of drug-likeness (QED) is 0.764. The molecule has 1 saturated heterocycles. The highest BCUT2D eigenvalue weighted by atomic mass is 16.5. The van der Waals surface area contributed by atoms with Crippen molar-refractivity contribution < 1.29 is 4.74 Å². The monoisotopic (exact) mass is 212 g/mol. The first-order valence-electron chi connectivity index (χ1n) is 6.30. The minimum atomic E-state index is 0.434. The number of nitrogens with two attached hydrogens (primary N) is 1. The fourth-order valence-electron chi connectivity index (χ4n) is 3.11. The maximum atomic E-state index is 6.14. The van der Waals surface area contributed by atoms with Gasteiger partial charge in [0.25, 0.3) is 0 Å². The summed E-state index contributed by atoms with van der Waals surface area (Å²) in [6, 6.07) is 1.11. The summed E-state index contributed by atoms with van der Waals surface area (Å²) in [5.74, 6) is 0.781. The highest BCUT2D eigenvalue weighted by Gasteiger charge is 2.31. The van der Waals surface area contributed by atoms with Crippen LogP contribution in [0.5, 0.6) is 0 Å². The minimum absolute atomic E-state index is 0.434. The SMILES string of the molecule is COCC1CCN(C2CCCC2N)CC1. The number of methoxy groups -OCH3 is 1. The van der Waals surface area contributed by atoms with Gasteiger partial charge >= 0.3 is 0 Å². The molecule has 0 spiro atoms. The number of likely N-dealkylation sites (tertiary alicyclic amines) is 1. The summed E-state index contributed by atoms with van der Waals surface area (Å²) >= 11 is 0. The average Bonchev–Trinajstić information content (AvgIpc) is 2.66. The maximum Gasteiger partial charge on any atom is 0.0491 e. The van der Waals surface area contributed by atoms with Crippen molar-refractivity contribution in [3.8, 4) is 0 Å². The molecule has 2 N–H and O–H groups in total. The van der Waals surface area contributed by atoms with Crippen molar-refractivity contribution in [1.82, 2.24) is 4.90 Å². The molecule has 1 aliphatic heterocycles. The maximum absolute atomic E-state index is 6.14. The summed E-state index contributed by atoms with van der Waals surface area (Å²) in [7, 11) is 1.80. The lowest BCUT2D eigenvalue weighted by molar-refractivity contribution is 0.0771. The highest BCUT2D eigenvalue weighted by Crippen LogP contribution is 2.27. The van der Waals surface area contributed by atoms with Crippen molar-refractivity contribution in [3.05, 3.63) is 0 Å². The van der Waals surface area contributed by atoms with Crippen LogP contribution in [0.4, 0.5) is 0 Å². The molecule has 3 heteroatoms. The molecule has 0 aromatic rings. The van der Waals surface area contributed by atoms with E-state index >= 15 is 0 Å². The van der Waals surface area contributed by atoms with E-state index in [9.17, 15) is 0 Å². The number of nitrogens with zero attached hydrogens (tertiary/aromatic N) is 1. The van der Waals surface area contributed by atoms with Gasteiger partial charge < -0.3 is 10.5 Å². The molecule has 0 amide bonds. The summed E-state index contributed by atoms with van der Waals surface area (Å²) in [5, 5.41) is 0. The zero-order valence-corrected chi connectivity index (χ0v) is 9.82. The molecule has 2 atom stereocenters. The lowest BCUT2D eigenvalue weighted by Gasteiger charge is -2.37. The average molecular weight is 212 g/mol. The number of hydrogen-bond acceptors (Lipinski definition) is 3. The Bertz CT molecular complexity index is 190. The van der Waals surface area contributed by atoms with Gasteiger partial charge in [0.15, 0.2) is 0 Å². The summed E-state index contributed by atoms with van der Waals surface area (Å²) in [4.78, 5) is 2.61. The first-order chi connectivity index (χ1) is 7.31. The summed E-state index contributed by atoms with van der Waals surface area (Å²) < 4.78 is 5.22. The Morgan fingerprint density at radius 2 is 1.93 bits per heavy atom. The van der Waals surface area contributed by atoms with Gasteiger partial charge in [-0.05, 0) is 44.7 Å². The van der Waals surface area contributed by atoms with E-state index in [1.54, 1.807) is 7.11 Å². The van der Waals surface area contributed by atoms with Crippen molar-refractivity contribution in [2.24, 2.45) is 11.7 Å². The topological polar surface area (TPSA) is 38.5 Å². The van der Waals surface area contributed by atoms with Crippen LogP contribution in [-0.4, -0.2) is 43.8 Å². The zero-order valence-electron chi connectivity index (χ0n) is 9.82. The molecule has 2 fully saturated rings. The van der Waals surface area contributed by atoms with Crippen LogP contribution >= 0.6 is 0 Å². The Morgan fingerprint density at radius 3 is 2.47 bits per heavy atom. The van der Waals surface area contributed by atoms with Gasteiger partial charge in [-0.2, -0.15) is 0 Å². The van der Waals surface area contributed by atoms with Crippen molar-refractivity contribution in [3.63, 3.8) is 0 Å². The van der Waals surface area contributed by atoms with Crippen molar-refractivity contribution >= 4 is 0 Å². The molecule has 15 heavy (non-hydrogen) atoms. The number of ether oxygens (including phenoxy) is 1. The molecule has 2 rings (SSSR count). The van der Waals surface area contributed by atoms with Crippen LogP contribution in [0, 0.1) is 5.92 Å². The largest absolute Gasteiger partial charge is 0.384 e. The van der Waals surface area contributed by atoms with Crippen LogP contribution < -0.4 is 5.73 Å². The van der Waals surface area contributed by atoms with E-state index in [4.69, 9.17) is 10.5 Å². The fraction of sp³-hybridized carbons (Fsp3) is 1.00. The van der Waals surface area contributed by atoms with E-state index in [1.165, 1.54) is 45.2 Å². The summed E-state index contributed by atoms with van der Waals surface area (Å²) in [5.41, 5.74) is 6.14. The van der Waals surface area contributed by atoms with E-state index in [2.05, 4.69) is 4.90 Å². The summed E-state index contributed by atoms with van der Waals surface area (Å²) in [6.45, 7) is 3.39. The fourth-order valence-corrected chi connectivity index (χ4v) is 3.11. The van der Waals surface area contributed by atoms with Gasteiger partial charge in [0.2, 0.25) is 0 Å². The zero-order chi connectivity index (χ0) is 10.7. The van der Waals surface area contributed by atoms with E-state index in [0.29, 0.717) is 12.1 Å². The van der Waals surface area contributed by atoms with Crippen molar-refractivity contribution in [1.29, 1.82) is 0 Å². The van der Waals surface area contributed by atoms with Crippen molar-refractivity contribution in [2.75, 3.05) is 26.8 Å². The van der Waals surface area contributed by atoms with Gasteiger partial charge in [-0.25, -0.2) is 0 Å². The Balaban J connectivity index is 1.77. The van der Waals surface area contributed by atoms with Gasteiger partial charge in [-0.1, -0.05) is 6.42 Å². The van der Waals surface area contributed by atoms with Crippen LogP contribution in [-0.2, 0) is 4.74 Å². The van der Waals surface area contributed by atoms with Crippen LogP contribution in [0.25, 0.3) is 0 Å². The van der Waals surface area contributed by atoms with E-state index in [-0.39, 0.29) is 0 Å². The molecule has 0 radical (unpaired) electrons. The second-order valence-electron chi connectivity index (χ2n) is 5.10. The Kier molecular flexibility index (Phi) is 4.00. The highest BCUT2D eigenvalue weighted by molar-refractivity contribution is 4.89. The molecule has 0 bridgehead atoms. The molecule has 0 aromatic heterocycles. The molecule has 2 unspecified atom stereocenters. The van der Waals surface area contributed by atoms with Crippen molar-refractivity contribution in [2.45, 2.75) is 44.2 Å². The van der Waals surface area contributed by atoms with Gasteiger partial charge in [0, 0.05) is 25.8 Å². The second-order valence-corrected chi connectivity index (χ2v) is 5.10.